The molecule has 0 saturated carbocycles. The standard InChI is InChI=1S/C10H14N6O/c1-16(2)10-14-8(11)13-9(15-10)12-6-7-4-3-5-17-7/h3-5H,6H2,1-2H3,(H3,11,12,13,14,15). The topological polar surface area (TPSA) is 93.1 Å². The van der Waals surface area contributed by atoms with Crippen LogP contribution >= 0.6 is 0 Å². The Bertz CT molecular complexity index is 482. The second-order valence-electron chi connectivity index (χ2n) is 3.64. The van der Waals surface area contributed by atoms with E-state index in [1.54, 1.807) is 11.2 Å². The maximum Gasteiger partial charge on any atom is 0.231 e. The number of hydrogen-bond donors (Lipinski definition) is 2. The molecule has 7 nitrogen and oxygen atoms in total. The van der Waals surface area contributed by atoms with Crippen molar-refractivity contribution in [1.82, 2.24) is 15.0 Å². The van der Waals surface area contributed by atoms with Crippen LogP contribution in [0.5, 0.6) is 0 Å². The van der Waals surface area contributed by atoms with Crippen LogP contribution in [0.2, 0.25) is 0 Å². The van der Waals surface area contributed by atoms with Gasteiger partial charge in [-0.3, -0.25) is 0 Å². The zero-order valence-electron chi connectivity index (χ0n) is 9.71. The second-order valence-corrected chi connectivity index (χ2v) is 3.64. The highest BCUT2D eigenvalue weighted by atomic mass is 16.3. The first kappa shape index (κ1) is 11.2. The number of furan rings is 1. The summed E-state index contributed by atoms with van der Waals surface area (Å²) in [5.74, 6) is 1.93. The summed E-state index contributed by atoms with van der Waals surface area (Å²) in [4.78, 5) is 14.0. The van der Waals surface area contributed by atoms with E-state index in [1.165, 1.54) is 0 Å². The van der Waals surface area contributed by atoms with Gasteiger partial charge >= 0.3 is 0 Å². The van der Waals surface area contributed by atoms with E-state index in [-0.39, 0.29) is 5.95 Å². The highest BCUT2D eigenvalue weighted by molar-refractivity contribution is 5.40. The molecule has 3 N–H and O–H groups in total. The molecular formula is C10H14N6O. The summed E-state index contributed by atoms with van der Waals surface area (Å²) >= 11 is 0. The van der Waals surface area contributed by atoms with Crippen LogP contribution in [0.15, 0.2) is 22.8 Å². The lowest BCUT2D eigenvalue weighted by Crippen LogP contribution is -2.16. The third kappa shape index (κ3) is 2.83. The summed E-state index contributed by atoms with van der Waals surface area (Å²) in [5.41, 5.74) is 5.59. The fourth-order valence-corrected chi connectivity index (χ4v) is 1.24. The summed E-state index contributed by atoms with van der Waals surface area (Å²) < 4.78 is 5.19. The van der Waals surface area contributed by atoms with Crippen LogP contribution in [0.3, 0.4) is 0 Å². The van der Waals surface area contributed by atoms with Crippen molar-refractivity contribution >= 4 is 17.8 Å². The summed E-state index contributed by atoms with van der Waals surface area (Å²) in [6.45, 7) is 0.503. The van der Waals surface area contributed by atoms with Gasteiger partial charge in [-0.1, -0.05) is 0 Å². The zero-order chi connectivity index (χ0) is 12.3. The van der Waals surface area contributed by atoms with Crippen molar-refractivity contribution < 1.29 is 4.42 Å². The molecule has 2 rings (SSSR count). The van der Waals surface area contributed by atoms with Crippen molar-refractivity contribution in [3.63, 3.8) is 0 Å². The Morgan fingerprint density at radius 3 is 2.82 bits per heavy atom. The second kappa shape index (κ2) is 4.69. The molecule has 0 unspecified atom stereocenters. The number of aromatic nitrogens is 3. The molecule has 0 spiro atoms. The average molecular weight is 234 g/mol. The van der Waals surface area contributed by atoms with E-state index in [2.05, 4.69) is 20.3 Å². The number of hydrogen-bond acceptors (Lipinski definition) is 7. The number of nitrogens with two attached hydrogens (primary N) is 1. The molecule has 0 aromatic carbocycles. The molecule has 2 aromatic rings. The molecule has 17 heavy (non-hydrogen) atoms. The first-order valence-electron chi connectivity index (χ1n) is 5.10. The minimum absolute atomic E-state index is 0.186. The summed E-state index contributed by atoms with van der Waals surface area (Å²) in [7, 11) is 3.68. The van der Waals surface area contributed by atoms with E-state index >= 15 is 0 Å². The van der Waals surface area contributed by atoms with Gasteiger partial charge in [-0.25, -0.2) is 0 Å². The molecule has 0 aliphatic heterocycles. The molecular weight excluding hydrogens is 220 g/mol. The van der Waals surface area contributed by atoms with Gasteiger partial charge in [-0.2, -0.15) is 15.0 Å². The van der Waals surface area contributed by atoms with Gasteiger partial charge in [0.05, 0.1) is 12.8 Å². The minimum atomic E-state index is 0.186. The fourth-order valence-electron chi connectivity index (χ4n) is 1.24. The van der Waals surface area contributed by atoms with Crippen LogP contribution in [0.4, 0.5) is 17.8 Å². The Morgan fingerprint density at radius 1 is 1.35 bits per heavy atom. The Morgan fingerprint density at radius 2 is 2.18 bits per heavy atom. The predicted octanol–water partition coefficient (Wildman–Crippen LogP) is 0.725. The Labute approximate surface area is 98.7 Å². The van der Waals surface area contributed by atoms with Crippen LogP contribution in [0, 0.1) is 0 Å². The molecule has 0 aliphatic rings. The summed E-state index contributed by atoms with van der Waals surface area (Å²) in [5, 5.41) is 3.02. The number of rotatable bonds is 4. The van der Waals surface area contributed by atoms with Gasteiger partial charge in [0.25, 0.3) is 0 Å². The van der Waals surface area contributed by atoms with E-state index in [4.69, 9.17) is 10.2 Å². The maximum absolute atomic E-state index is 5.59. The number of nitrogens with one attached hydrogen (secondary N) is 1. The van der Waals surface area contributed by atoms with E-state index in [1.807, 2.05) is 26.2 Å². The normalized spacial score (nSPS) is 10.2. The Kier molecular flexibility index (Phi) is 3.08. The first-order valence-corrected chi connectivity index (χ1v) is 5.10. The monoisotopic (exact) mass is 234 g/mol. The van der Waals surface area contributed by atoms with Crippen LogP contribution < -0.4 is 16.0 Å². The average Bonchev–Trinajstić information content (AvgIpc) is 2.78. The molecule has 0 aliphatic carbocycles. The van der Waals surface area contributed by atoms with E-state index < -0.39 is 0 Å². The van der Waals surface area contributed by atoms with Crippen LogP contribution in [-0.4, -0.2) is 29.0 Å². The van der Waals surface area contributed by atoms with Gasteiger partial charge < -0.3 is 20.4 Å². The number of nitrogen functional groups attached to an aromatic ring is 1. The van der Waals surface area contributed by atoms with Gasteiger partial charge in [0.2, 0.25) is 17.8 Å². The van der Waals surface area contributed by atoms with Crippen LogP contribution in [-0.2, 0) is 6.54 Å². The van der Waals surface area contributed by atoms with E-state index in [0.717, 1.165) is 5.76 Å². The predicted molar refractivity (Wildman–Crippen MR) is 64.6 cm³/mol. The van der Waals surface area contributed by atoms with Crippen molar-refractivity contribution in [3.05, 3.63) is 24.2 Å². The Balaban J connectivity index is 2.10. The van der Waals surface area contributed by atoms with Gasteiger partial charge in [0.15, 0.2) is 0 Å². The maximum atomic E-state index is 5.59. The lowest BCUT2D eigenvalue weighted by atomic mass is 10.4. The van der Waals surface area contributed by atoms with E-state index in [9.17, 15) is 0 Å². The number of nitrogens with zero attached hydrogens (tertiary/aromatic N) is 4. The molecule has 7 heteroatoms. The van der Waals surface area contributed by atoms with Gasteiger partial charge in [-0.15, -0.1) is 0 Å². The van der Waals surface area contributed by atoms with Crippen LogP contribution in [0.1, 0.15) is 5.76 Å². The molecule has 0 amide bonds. The van der Waals surface area contributed by atoms with E-state index in [0.29, 0.717) is 18.4 Å². The molecule has 0 fully saturated rings. The number of anilines is 3. The van der Waals surface area contributed by atoms with Crippen molar-refractivity contribution in [2.24, 2.45) is 0 Å². The molecule has 0 atom stereocenters. The van der Waals surface area contributed by atoms with Crippen molar-refractivity contribution in [3.8, 4) is 0 Å². The highest BCUT2D eigenvalue weighted by Crippen LogP contribution is 2.10. The lowest BCUT2D eigenvalue weighted by molar-refractivity contribution is 0.517. The van der Waals surface area contributed by atoms with Gasteiger partial charge in [0, 0.05) is 14.1 Å². The largest absolute Gasteiger partial charge is 0.467 e. The fraction of sp³-hybridized carbons (Fsp3) is 0.300. The quantitative estimate of drug-likeness (QED) is 0.805. The van der Waals surface area contributed by atoms with Crippen molar-refractivity contribution in [1.29, 1.82) is 0 Å². The van der Waals surface area contributed by atoms with Crippen LogP contribution in [0.25, 0.3) is 0 Å². The third-order valence-corrected chi connectivity index (χ3v) is 2.04. The van der Waals surface area contributed by atoms with Crippen molar-refractivity contribution in [2.75, 3.05) is 30.0 Å². The highest BCUT2D eigenvalue weighted by Gasteiger charge is 2.06. The molecule has 90 valence electrons. The smallest absolute Gasteiger partial charge is 0.231 e. The molecule has 2 aromatic heterocycles. The van der Waals surface area contributed by atoms with Gasteiger partial charge in [0.1, 0.15) is 5.76 Å². The summed E-state index contributed by atoms with van der Waals surface area (Å²) in [6, 6.07) is 3.69. The molecule has 0 saturated heterocycles. The molecule has 0 bridgehead atoms. The zero-order valence-corrected chi connectivity index (χ0v) is 9.71. The molecule has 0 radical (unpaired) electrons. The Hall–Kier alpha value is -2.31. The molecule has 2 heterocycles. The van der Waals surface area contributed by atoms with Crippen molar-refractivity contribution in [2.45, 2.75) is 6.54 Å². The first-order chi connectivity index (χ1) is 8.15. The van der Waals surface area contributed by atoms with Gasteiger partial charge in [-0.05, 0) is 12.1 Å². The lowest BCUT2D eigenvalue weighted by Gasteiger charge is -2.11. The third-order valence-electron chi connectivity index (χ3n) is 2.04. The SMILES string of the molecule is CN(C)c1nc(N)nc(NCc2ccco2)n1. The summed E-state index contributed by atoms with van der Waals surface area (Å²) in [6.07, 6.45) is 1.62. The minimum Gasteiger partial charge on any atom is -0.467 e.